The van der Waals surface area contributed by atoms with E-state index in [0.717, 1.165) is 26.1 Å². The second-order valence-electron chi connectivity index (χ2n) is 3.38. The van der Waals surface area contributed by atoms with Crippen molar-refractivity contribution in [1.82, 2.24) is 10.6 Å². The van der Waals surface area contributed by atoms with Crippen molar-refractivity contribution >= 4 is 7.85 Å². The average Bonchev–Trinajstić information content (AvgIpc) is 2.10. The van der Waals surface area contributed by atoms with Crippen LogP contribution in [-0.2, 0) is 0 Å². The van der Waals surface area contributed by atoms with Gasteiger partial charge in [0.15, 0.2) is 0 Å². The molecule has 0 fully saturated rings. The molecule has 0 heterocycles. The number of likely N-dealkylation sites (N-methyl/N-ethyl adjacent to an activating group) is 1. The lowest BCUT2D eigenvalue weighted by Crippen LogP contribution is -2.25. The van der Waals surface area contributed by atoms with Gasteiger partial charge in [-0.2, -0.15) is 0 Å². The highest BCUT2D eigenvalue weighted by Gasteiger charge is 1.93. The predicted molar refractivity (Wildman–Crippen MR) is 60.3 cm³/mol. The molecule has 0 aliphatic heterocycles. The van der Waals surface area contributed by atoms with E-state index in [-0.39, 0.29) is 5.82 Å². The highest BCUT2D eigenvalue weighted by Crippen LogP contribution is 2.10. The predicted octanol–water partition coefficient (Wildman–Crippen LogP) is 1.11. The van der Waals surface area contributed by atoms with Gasteiger partial charge < -0.3 is 10.6 Å². The van der Waals surface area contributed by atoms with Crippen LogP contribution in [0, 0.1) is 0 Å². The lowest BCUT2D eigenvalue weighted by molar-refractivity contribution is 0.653. The molecule has 0 aliphatic rings. The summed E-state index contributed by atoms with van der Waals surface area (Å²) in [5.74, 6) is 0.192. The van der Waals surface area contributed by atoms with E-state index in [1.807, 2.05) is 14.0 Å². The van der Waals surface area contributed by atoms with Crippen LogP contribution in [0.5, 0.6) is 0 Å². The SMILES string of the molecule is [B]C(C)/C(C)=C/CCNCCNC. The van der Waals surface area contributed by atoms with Crippen LogP contribution in [0.4, 0.5) is 0 Å². The summed E-state index contributed by atoms with van der Waals surface area (Å²) in [7, 11) is 7.66. The normalized spacial score (nSPS) is 14.5. The molecule has 3 heteroatoms. The third-order valence-corrected chi connectivity index (χ3v) is 2.06. The maximum atomic E-state index is 5.70. The fraction of sp³-hybridized carbons (Fsp3) is 0.800. The van der Waals surface area contributed by atoms with Crippen molar-refractivity contribution in [2.24, 2.45) is 0 Å². The van der Waals surface area contributed by atoms with Crippen LogP contribution in [0.25, 0.3) is 0 Å². The Kier molecular flexibility index (Phi) is 8.15. The summed E-state index contributed by atoms with van der Waals surface area (Å²) in [6.45, 7) is 7.18. The van der Waals surface area contributed by atoms with Crippen molar-refractivity contribution in [2.75, 3.05) is 26.7 Å². The molecule has 0 saturated heterocycles. The van der Waals surface area contributed by atoms with Crippen molar-refractivity contribution in [3.63, 3.8) is 0 Å². The molecule has 0 amide bonds. The molecule has 0 rings (SSSR count). The van der Waals surface area contributed by atoms with E-state index in [1.165, 1.54) is 5.57 Å². The number of nitrogens with one attached hydrogen (secondary N) is 2. The first-order valence-corrected chi connectivity index (χ1v) is 4.96. The molecule has 0 aromatic carbocycles. The Balaban J connectivity index is 3.29. The van der Waals surface area contributed by atoms with E-state index >= 15 is 0 Å². The third kappa shape index (κ3) is 8.07. The van der Waals surface area contributed by atoms with Gasteiger partial charge in [-0.1, -0.05) is 24.4 Å². The van der Waals surface area contributed by atoms with E-state index in [4.69, 9.17) is 7.85 Å². The van der Waals surface area contributed by atoms with Gasteiger partial charge in [0.25, 0.3) is 0 Å². The first-order valence-electron chi connectivity index (χ1n) is 4.96. The number of rotatable bonds is 7. The first kappa shape index (κ1) is 12.7. The van der Waals surface area contributed by atoms with Crippen LogP contribution >= 0.6 is 0 Å². The minimum atomic E-state index is 0.192. The molecule has 13 heavy (non-hydrogen) atoms. The van der Waals surface area contributed by atoms with Crippen molar-refractivity contribution in [3.8, 4) is 0 Å². The molecule has 0 aromatic heterocycles. The van der Waals surface area contributed by atoms with E-state index < -0.39 is 0 Å². The monoisotopic (exact) mass is 180 g/mol. The van der Waals surface area contributed by atoms with Crippen molar-refractivity contribution in [3.05, 3.63) is 11.6 Å². The maximum absolute atomic E-state index is 5.70. The molecule has 74 valence electrons. The summed E-state index contributed by atoms with van der Waals surface area (Å²) in [6, 6.07) is 0. The van der Waals surface area contributed by atoms with Gasteiger partial charge in [-0.05, 0) is 26.9 Å². The van der Waals surface area contributed by atoms with Crippen LogP contribution in [0.2, 0.25) is 5.82 Å². The summed E-state index contributed by atoms with van der Waals surface area (Å²) in [4.78, 5) is 0. The van der Waals surface area contributed by atoms with E-state index in [0.29, 0.717) is 0 Å². The standard InChI is InChI=1S/C10H21BN2/c1-9(10(2)11)5-4-6-13-8-7-12-3/h5,10,12-13H,4,6-8H2,1-3H3/b9-5+. The zero-order chi connectivity index (χ0) is 10.1. The Morgan fingerprint density at radius 2 is 2.08 bits per heavy atom. The van der Waals surface area contributed by atoms with Gasteiger partial charge in [0, 0.05) is 13.1 Å². The van der Waals surface area contributed by atoms with E-state index in [1.54, 1.807) is 0 Å². The van der Waals surface area contributed by atoms with Crippen molar-refractivity contribution in [2.45, 2.75) is 26.1 Å². The average molecular weight is 180 g/mol. The highest BCUT2D eigenvalue weighted by molar-refractivity contribution is 6.13. The van der Waals surface area contributed by atoms with Crippen LogP contribution < -0.4 is 10.6 Å². The molecule has 0 aromatic rings. The Morgan fingerprint density at radius 1 is 1.38 bits per heavy atom. The van der Waals surface area contributed by atoms with Gasteiger partial charge in [-0.25, -0.2) is 0 Å². The fourth-order valence-corrected chi connectivity index (χ4v) is 0.926. The first-order chi connectivity index (χ1) is 6.18. The zero-order valence-corrected chi connectivity index (χ0v) is 9.06. The number of hydrogen-bond acceptors (Lipinski definition) is 2. The molecule has 2 radical (unpaired) electrons. The molecular weight excluding hydrogens is 159 g/mol. The van der Waals surface area contributed by atoms with Gasteiger partial charge in [-0.15, -0.1) is 0 Å². The molecule has 0 saturated carbocycles. The third-order valence-electron chi connectivity index (χ3n) is 2.06. The van der Waals surface area contributed by atoms with Crippen LogP contribution in [0.15, 0.2) is 11.6 Å². The van der Waals surface area contributed by atoms with E-state index in [2.05, 4.69) is 23.6 Å². The Hall–Kier alpha value is -0.275. The Morgan fingerprint density at radius 3 is 2.62 bits per heavy atom. The highest BCUT2D eigenvalue weighted by atomic mass is 14.9. The van der Waals surface area contributed by atoms with Crippen molar-refractivity contribution < 1.29 is 0 Å². The van der Waals surface area contributed by atoms with Crippen molar-refractivity contribution in [1.29, 1.82) is 0 Å². The Bertz CT molecular complexity index is 144. The summed E-state index contributed by atoms with van der Waals surface area (Å²) in [6.07, 6.45) is 3.27. The second kappa shape index (κ2) is 8.33. The Labute approximate surface area is 83.6 Å². The summed E-state index contributed by atoms with van der Waals surface area (Å²) in [5.41, 5.74) is 1.27. The molecular formula is C10H21BN2. The molecule has 0 bridgehead atoms. The lowest BCUT2D eigenvalue weighted by Gasteiger charge is -2.05. The van der Waals surface area contributed by atoms with E-state index in [9.17, 15) is 0 Å². The molecule has 2 nitrogen and oxygen atoms in total. The minimum Gasteiger partial charge on any atom is -0.318 e. The molecule has 0 spiro atoms. The topological polar surface area (TPSA) is 24.1 Å². The van der Waals surface area contributed by atoms with Crippen LogP contribution in [0.1, 0.15) is 20.3 Å². The second-order valence-corrected chi connectivity index (χ2v) is 3.38. The largest absolute Gasteiger partial charge is 0.318 e. The van der Waals surface area contributed by atoms with Gasteiger partial charge in [0.1, 0.15) is 0 Å². The fourth-order valence-electron chi connectivity index (χ4n) is 0.926. The van der Waals surface area contributed by atoms with Gasteiger partial charge in [-0.3, -0.25) is 0 Å². The molecule has 1 atom stereocenters. The smallest absolute Gasteiger partial charge is 0.0755 e. The maximum Gasteiger partial charge on any atom is 0.0755 e. The quantitative estimate of drug-likeness (QED) is 0.348. The zero-order valence-electron chi connectivity index (χ0n) is 9.06. The molecule has 2 N–H and O–H groups in total. The number of hydrogen-bond donors (Lipinski definition) is 2. The number of allylic oxidation sites excluding steroid dienone is 1. The van der Waals surface area contributed by atoms with Gasteiger partial charge >= 0.3 is 0 Å². The lowest BCUT2D eigenvalue weighted by atomic mass is 9.83. The summed E-state index contributed by atoms with van der Waals surface area (Å²) >= 11 is 0. The summed E-state index contributed by atoms with van der Waals surface area (Å²) in [5, 5.41) is 6.42. The summed E-state index contributed by atoms with van der Waals surface area (Å²) < 4.78 is 0. The van der Waals surface area contributed by atoms with Crippen LogP contribution in [0.3, 0.4) is 0 Å². The molecule has 1 unspecified atom stereocenters. The van der Waals surface area contributed by atoms with Gasteiger partial charge in [0.05, 0.1) is 7.85 Å². The minimum absolute atomic E-state index is 0.192. The van der Waals surface area contributed by atoms with Crippen LogP contribution in [-0.4, -0.2) is 34.5 Å². The molecule has 0 aliphatic carbocycles. The van der Waals surface area contributed by atoms with Gasteiger partial charge in [0.2, 0.25) is 0 Å².